The monoisotopic (exact) mass is 369 g/mol. The molecule has 0 bridgehead atoms. The lowest BCUT2D eigenvalue weighted by atomic mass is 10.2. The molecule has 8 nitrogen and oxygen atoms in total. The summed E-state index contributed by atoms with van der Waals surface area (Å²) < 4.78 is 47.1. The molecular formula is C15H12FNO7S. The van der Waals surface area contributed by atoms with Crippen LogP contribution in [-0.4, -0.2) is 25.9 Å². The number of nitrogens with zero attached hydrogens (tertiary/aromatic N) is 1. The maximum Gasteiger partial charge on any atom is 0.339 e. The Kier molecular flexibility index (Phi) is 5.32. The van der Waals surface area contributed by atoms with Gasteiger partial charge in [-0.3, -0.25) is 10.1 Å². The van der Waals surface area contributed by atoms with Crippen molar-refractivity contribution in [2.75, 3.05) is 6.61 Å². The Labute approximate surface area is 142 Å². The van der Waals surface area contributed by atoms with E-state index in [0.29, 0.717) is 6.07 Å². The summed E-state index contributed by atoms with van der Waals surface area (Å²) in [6, 6.07) is 6.76. The second-order valence-electron chi connectivity index (χ2n) is 4.65. The number of rotatable bonds is 6. The van der Waals surface area contributed by atoms with Gasteiger partial charge in [0.1, 0.15) is 10.7 Å². The molecule has 2 rings (SSSR count). The SMILES string of the molecule is CCOC(=O)c1ccc(S(=O)(=O)Oc2cc(F)ccc2[N+](=O)[O-])cc1. The highest BCUT2D eigenvalue weighted by atomic mass is 32.2. The van der Waals surface area contributed by atoms with E-state index in [1.54, 1.807) is 6.92 Å². The Morgan fingerprint density at radius 2 is 1.84 bits per heavy atom. The van der Waals surface area contributed by atoms with Crippen molar-refractivity contribution < 1.29 is 31.4 Å². The van der Waals surface area contributed by atoms with E-state index in [1.165, 1.54) is 12.1 Å². The second-order valence-corrected chi connectivity index (χ2v) is 6.20. The number of hydrogen-bond donors (Lipinski definition) is 0. The number of nitro groups is 1. The summed E-state index contributed by atoms with van der Waals surface area (Å²) in [6.45, 7) is 1.78. The number of esters is 1. The van der Waals surface area contributed by atoms with Gasteiger partial charge in [0, 0.05) is 12.1 Å². The van der Waals surface area contributed by atoms with Crippen LogP contribution in [0.4, 0.5) is 10.1 Å². The summed E-state index contributed by atoms with van der Waals surface area (Å²) in [4.78, 5) is 21.2. The number of benzene rings is 2. The van der Waals surface area contributed by atoms with Gasteiger partial charge in [-0.1, -0.05) is 0 Å². The van der Waals surface area contributed by atoms with E-state index in [2.05, 4.69) is 4.18 Å². The number of nitro benzene ring substituents is 1. The number of halogens is 1. The van der Waals surface area contributed by atoms with Crippen LogP contribution in [0.2, 0.25) is 0 Å². The van der Waals surface area contributed by atoms with Crippen molar-refractivity contribution in [1.29, 1.82) is 0 Å². The Morgan fingerprint density at radius 3 is 2.40 bits per heavy atom. The quantitative estimate of drug-likeness (QED) is 0.333. The molecule has 0 N–H and O–H groups in total. The van der Waals surface area contributed by atoms with Crippen molar-refractivity contribution in [3.8, 4) is 5.75 Å². The average molecular weight is 369 g/mol. The Hall–Kier alpha value is -3.01. The molecule has 0 fully saturated rings. The first-order valence-electron chi connectivity index (χ1n) is 6.90. The largest absolute Gasteiger partial charge is 0.462 e. The number of hydrogen-bond acceptors (Lipinski definition) is 7. The van der Waals surface area contributed by atoms with Gasteiger partial charge in [-0.15, -0.1) is 0 Å². The van der Waals surface area contributed by atoms with E-state index in [1.807, 2.05) is 0 Å². The average Bonchev–Trinajstić information content (AvgIpc) is 2.54. The fourth-order valence-corrected chi connectivity index (χ4v) is 2.78. The molecule has 0 unspecified atom stereocenters. The summed E-state index contributed by atoms with van der Waals surface area (Å²) in [7, 11) is -4.46. The summed E-state index contributed by atoms with van der Waals surface area (Å²) in [5.74, 6) is -2.28. The number of carbonyl (C=O) groups is 1. The smallest absolute Gasteiger partial charge is 0.339 e. The third-order valence-corrected chi connectivity index (χ3v) is 4.22. The van der Waals surface area contributed by atoms with Gasteiger partial charge in [-0.05, 0) is 37.3 Å². The first-order chi connectivity index (χ1) is 11.7. The summed E-state index contributed by atoms with van der Waals surface area (Å²) >= 11 is 0. The van der Waals surface area contributed by atoms with Crippen LogP contribution >= 0.6 is 0 Å². The lowest BCUT2D eigenvalue weighted by Gasteiger charge is -2.08. The first-order valence-corrected chi connectivity index (χ1v) is 8.31. The molecule has 0 aliphatic heterocycles. The predicted molar refractivity (Wildman–Crippen MR) is 83.3 cm³/mol. The third kappa shape index (κ3) is 4.29. The van der Waals surface area contributed by atoms with Crippen LogP contribution in [0.5, 0.6) is 5.75 Å². The topological polar surface area (TPSA) is 113 Å². The van der Waals surface area contributed by atoms with E-state index >= 15 is 0 Å². The van der Waals surface area contributed by atoms with Gasteiger partial charge in [0.25, 0.3) is 0 Å². The van der Waals surface area contributed by atoms with Crippen LogP contribution in [0, 0.1) is 15.9 Å². The molecule has 2 aromatic carbocycles. The summed E-state index contributed by atoms with van der Waals surface area (Å²) in [6.07, 6.45) is 0. The van der Waals surface area contributed by atoms with Crippen LogP contribution < -0.4 is 4.18 Å². The lowest BCUT2D eigenvalue weighted by molar-refractivity contribution is -0.385. The lowest BCUT2D eigenvalue weighted by Crippen LogP contribution is -2.12. The molecule has 132 valence electrons. The molecule has 0 amide bonds. The van der Waals surface area contributed by atoms with Gasteiger partial charge in [0.15, 0.2) is 0 Å². The van der Waals surface area contributed by atoms with Crippen LogP contribution in [-0.2, 0) is 14.9 Å². The predicted octanol–water partition coefficient (Wildman–Crippen LogP) is 2.68. The van der Waals surface area contributed by atoms with E-state index in [4.69, 9.17) is 4.74 Å². The van der Waals surface area contributed by atoms with Crippen LogP contribution in [0.1, 0.15) is 17.3 Å². The van der Waals surface area contributed by atoms with Crippen molar-refractivity contribution >= 4 is 21.8 Å². The van der Waals surface area contributed by atoms with Crippen molar-refractivity contribution in [3.05, 3.63) is 64.0 Å². The molecule has 25 heavy (non-hydrogen) atoms. The molecule has 2 aromatic rings. The second kappa shape index (κ2) is 7.26. The van der Waals surface area contributed by atoms with E-state index in [-0.39, 0.29) is 17.1 Å². The highest BCUT2D eigenvalue weighted by Gasteiger charge is 2.24. The summed E-state index contributed by atoms with van der Waals surface area (Å²) in [5.41, 5.74) is -0.578. The zero-order chi connectivity index (χ0) is 18.6. The van der Waals surface area contributed by atoms with Gasteiger partial charge in [-0.25, -0.2) is 9.18 Å². The highest BCUT2D eigenvalue weighted by Crippen LogP contribution is 2.30. The molecule has 0 saturated heterocycles. The summed E-state index contributed by atoms with van der Waals surface area (Å²) in [5, 5.41) is 10.9. The van der Waals surface area contributed by atoms with Crippen molar-refractivity contribution in [1.82, 2.24) is 0 Å². The highest BCUT2D eigenvalue weighted by molar-refractivity contribution is 7.87. The number of carbonyl (C=O) groups excluding carboxylic acids is 1. The molecule has 0 aromatic heterocycles. The van der Waals surface area contributed by atoms with Gasteiger partial charge < -0.3 is 8.92 Å². The van der Waals surface area contributed by atoms with E-state index in [0.717, 1.165) is 24.3 Å². The fourth-order valence-electron chi connectivity index (χ4n) is 1.84. The van der Waals surface area contributed by atoms with Gasteiger partial charge in [-0.2, -0.15) is 8.42 Å². The molecule has 0 spiro atoms. The normalized spacial score (nSPS) is 11.0. The van der Waals surface area contributed by atoms with Crippen molar-refractivity contribution in [2.24, 2.45) is 0 Å². The van der Waals surface area contributed by atoms with Gasteiger partial charge in [0.2, 0.25) is 5.75 Å². The third-order valence-electron chi connectivity index (χ3n) is 2.97. The van der Waals surface area contributed by atoms with Crippen LogP contribution in [0.3, 0.4) is 0 Å². The maximum atomic E-state index is 13.3. The Bertz CT molecular complexity index is 910. The molecule has 0 aliphatic carbocycles. The number of ether oxygens (including phenoxy) is 1. The minimum atomic E-state index is -4.46. The molecule has 0 atom stereocenters. The van der Waals surface area contributed by atoms with E-state index in [9.17, 15) is 27.7 Å². The maximum absolute atomic E-state index is 13.3. The molecule has 0 radical (unpaired) electrons. The molecule has 0 saturated carbocycles. The van der Waals surface area contributed by atoms with Crippen LogP contribution in [0.15, 0.2) is 47.4 Å². The van der Waals surface area contributed by atoms with Gasteiger partial charge >= 0.3 is 21.8 Å². The minimum Gasteiger partial charge on any atom is -0.462 e. The standard InChI is InChI=1S/C15H12FNO7S/c1-2-23-15(18)10-3-6-12(7-4-10)25(21,22)24-14-9-11(16)5-8-13(14)17(19)20/h3-9H,2H2,1H3. The molecular weight excluding hydrogens is 357 g/mol. The Morgan fingerprint density at radius 1 is 1.20 bits per heavy atom. The molecule has 0 heterocycles. The van der Waals surface area contributed by atoms with E-state index < -0.39 is 38.3 Å². The fraction of sp³-hybridized carbons (Fsp3) is 0.133. The first kappa shape index (κ1) is 18.3. The minimum absolute atomic E-state index is 0.123. The molecule has 10 heteroatoms. The van der Waals surface area contributed by atoms with Gasteiger partial charge in [0.05, 0.1) is 17.1 Å². The van der Waals surface area contributed by atoms with Crippen molar-refractivity contribution in [3.63, 3.8) is 0 Å². The Balaban J connectivity index is 2.33. The zero-order valence-corrected chi connectivity index (χ0v) is 13.7. The zero-order valence-electron chi connectivity index (χ0n) is 12.8. The molecule has 0 aliphatic rings. The van der Waals surface area contributed by atoms with Crippen molar-refractivity contribution in [2.45, 2.75) is 11.8 Å². The van der Waals surface area contributed by atoms with Crippen LogP contribution in [0.25, 0.3) is 0 Å².